The first-order valence-electron chi connectivity index (χ1n) is 6.69. The monoisotopic (exact) mass is 333 g/mol. The molecule has 0 radical (unpaired) electrons. The summed E-state index contributed by atoms with van der Waals surface area (Å²) >= 11 is 0. The molecule has 2 N–H and O–H groups in total. The third kappa shape index (κ3) is 3.72. The third-order valence-electron chi connectivity index (χ3n) is 3.44. The van der Waals surface area contributed by atoms with E-state index in [1.807, 2.05) is 0 Å². The average molecular weight is 334 g/mol. The van der Waals surface area contributed by atoms with Crippen molar-refractivity contribution in [1.82, 2.24) is 9.80 Å². The highest BCUT2D eigenvalue weighted by Gasteiger charge is 2.28. The first-order valence-corrected chi connectivity index (χ1v) is 6.69. The van der Waals surface area contributed by atoms with Gasteiger partial charge in [-0.15, -0.1) is 12.4 Å². The van der Waals surface area contributed by atoms with E-state index in [2.05, 4.69) is 0 Å². The van der Waals surface area contributed by atoms with Gasteiger partial charge in [-0.05, 0) is 19.1 Å². The molecule has 0 aliphatic carbocycles. The van der Waals surface area contributed by atoms with Crippen LogP contribution in [0.5, 0.6) is 0 Å². The zero-order valence-corrected chi connectivity index (χ0v) is 12.9. The summed E-state index contributed by atoms with van der Waals surface area (Å²) in [6, 6.07) is 2.70. The van der Waals surface area contributed by atoms with Gasteiger partial charge in [0.25, 0.3) is 5.91 Å². The van der Waals surface area contributed by atoms with E-state index >= 15 is 0 Å². The Morgan fingerprint density at radius 1 is 1.09 bits per heavy atom. The fourth-order valence-corrected chi connectivity index (χ4v) is 2.28. The Morgan fingerprint density at radius 3 is 2.00 bits per heavy atom. The highest BCUT2D eigenvalue weighted by molar-refractivity contribution is 5.95. The van der Waals surface area contributed by atoms with Crippen molar-refractivity contribution in [3.8, 4) is 0 Å². The van der Waals surface area contributed by atoms with Crippen molar-refractivity contribution >= 4 is 24.2 Å². The van der Waals surface area contributed by atoms with Crippen molar-refractivity contribution in [2.24, 2.45) is 5.73 Å². The molecular formula is C14H18ClF2N3O2. The summed E-state index contributed by atoms with van der Waals surface area (Å²) < 4.78 is 27.2. The van der Waals surface area contributed by atoms with Gasteiger partial charge in [0.05, 0.1) is 6.04 Å². The van der Waals surface area contributed by atoms with Crippen molar-refractivity contribution in [1.29, 1.82) is 0 Å². The molecule has 1 saturated heterocycles. The van der Waals surface area contributed by atoms with E-state index in [1.54, 1.807) is 11.8 Å². The number of hydrogen-bond donors (Lipinski definition) is 1. The molecule has 1 aliphatic rings. The van der Waals surface area contributed by atoms with Crippen molar-refractivity contribution in [2.75, 3.05) is 26.2 Å². The number of hydrogen-bond acceptors (Lipinski definition) is 3. The van der Waals surface area contributed by atoms with Crippen LogP contribution < -0.4 is 5.73 Å². The smallest absolute Gasteiger partial charge is 0.259 e. The molecule has 1 atom stereocenters. The Morgan fingerprint density at radius 2 is 1.55 bits per heavy atom. The van der Waals surface area contributed by atoms with Crippen molar-refractivity contribution in [2.45, 2.75) is 13.0 Å². The van der Waals surface area contributed by atoms with Gasteiger partial charge in [-0.2, -0.15) is 0 Å². The molecule has 1 heterocycles. The van der Waals surface area contributed by atoms with Gasteiger partial charge < -0.3 is 15.5 Å². The molecule has 22 heavy (non-hydrogen) atoms. The van der Waals surface area contributed by atoms with Crippen LogP contribution in [0, 0.1) is 11.6 Å². The molecule has 122 valence electrons. The second-order valence-corrected chi connectivity index (χ2v) is 5.00. The first kappa shape index (κ1) is 18.3. The Labute approximate surface area is 133 Å². The first-order chi connectivity index (χ1) is 9.91. The van der Waals surface area contributed by atoms with Gasteiger partial charge in [0, 0.05) is 26.2 Å². The van der Waals surface area contributed by atoms with Gasteiger partial charge in [-0.3, -0.25) is 9.59 Å². The lowest BCUT2D eigenvalue weighted by Gasteiger charge is -2.35. The van der Waals surface area contributed by atoms with Crippen LogP contribution in [-0.2, 0) is 4.79 Å². The number of nitrogens with two attached hydrogens (primary N) is 1. The van der Waals surface area contributed by atoms with Crippen LogP contribution in [0.1, 0.15) is 17.3 Å². The predicted molar refractivity (Wildman–Crippen MR) is 79.7 cm³/mol. The summed E-state index contributed by atoms with van der Waals surface area (Å²) in [7, 11) is 0. The Bertz CT molecular complexity index is 541. The summed E-state index contributed by atoms with van der Waals surface area (Å²) in [4.78, 5) is 26.8. The maximum atomic E-state index is 13.6. The van der Waals surface area contributed by atoms with E-state index in [4.69, 9.17) is 5.73 Å². The zero-order chi connectivity index (χ0) is 15.6. The van der Waals surface area contributed by atoms with Crippen LogP contribution in [0.3, 0.4) is 0 Å². The van der Waals surface area contributed by atoms with E-state index in [0.717, 1.165) is 12.1 Å². The molecule has 0 aromatic heterocycles. The average Bonchev–Trinajstić information content (AvgIpc) is 2.46. The van der Waals surface area contributed by atoms with E-state index < -0.39 is 29.1 Å². The van der Waals surface area contributed by atoms with Crippen LogP contribution in [-0.4, -0.2) is 53.8 Å². The third-order valence-corrected chi connectivity index (χ3v) is 3.44. The number of rotatable bonds is 2. The molecule has 0 spiro atoms. The van der Waals surface area contributed by atoms with Gasteiger partial charge >= 0.3 is 0 Å². The number of carbonyl (C=O) groups excluding carboxylic acids is 2. The summed E-state index contributed by atoms with van der Waals surface area (Å²) in [5.41, 5.74) is 4.97. The number of halogens is 3. The summed E-state index contributed by atoms with van der Waals surface area (Å²) in [5, 5.41) is 0. The number of amides is 2. The van der Waals surface area contributed by atoms with Crippen molar-refractivity contribution in [3.05, 3.63) is 35.4 Å². The minimum absolute atomic E-state index is 0. The molecule has 0 unspecified atom stereocenters. The zero-order valence-electron chi connectivity index (χ0n) is 12.1. The molecular weight excluding hydrogens is 316 g/mol. The minimum Gasteiger partial charge on any atom is -0.338 e. The van der Waals surface area contributed by atoms with Crippen LogP contribution >= 0.6 is 12.4 Å². The normalized spacial score (nSPS) is 16.0. The second-order valence-electron chi connectivity index (χ2n) is 5.00. The van der Waals surface area contributed by atoms with E-state index in [1.165, 1.54) is 11.0 Å². The Hall–Kier alpha value is -1.73. The topological polar surface area (TPSA) is 66.6 Å². The maximum absolute atomic E-state index is 13.6. The fourth-order valence-electron chi connectivity index (χ4n) is 2.28. The summed E-state index contributed by atoms with van der Waals surface area (Å²) in [5.74, 6) is -2.65. The molecule has 0 bridgehead atoms. The molecule has 1 aromatic carbocycles. The number of carbonyl (C=O) groups is 2. The lowest BCUT2D eigenvalue weighted by molar-refractivity contribution is -0.133. The van der Waals surface area contributed by atoms with Crippen LogP contribution in [0.15, 0.2) is 18.2 Å². The quantitative estimate of drug-likeness (QED) is 0.878. The molecule has 1 aliphatic heterocycles. The van der Waals surface area contributed by atoms with Gasteiger partial charge in [0.2, 0.25) is 5.91 Å². The lowest BCUT2D eigenvalue weighted by Crippen LogP contribution is -2.53. The van der Waals surface area contributed by atoms with Gasteiger partial charge in [-0.25, -0.2) is 8.78 Å². The Kier molecular flexibility index (Phi) is 6.25. The van der Waals surface area contributed by atoms with Gasteiger partial charge in [0.1, 0.15) is 17.2 Å². The van der Waals surface area contributed by atoms with E-state index in [9.17, 15) is 18.4 Å². The molecule has 0 saturated carbocycles. The largest absolute Gasteiger partial charge is 0.338 e. The van der Waals surface area contributed by atoms with E-state index in [-0.39, 0.29) is 31.4 Å². The molecule has 5 nitrogen and oxygen atoms in total. The standard InChI is InChI=1S/C14H17F2N3O2.ClH/c1-9(17)13(20)18-5-7-19(8-6-18)14(21)12-10(15)3-2-4-11(12)16;/h2-4,9H,5-8,17H2,1H3;1H/t9-;/m0./s1. The van der Waals surface area contributed by atoms with Crippen molar-refractivity contribution in [3.63, 3.8) is 0 Å². The predicted octanol–water partition coefficient (Wildman–Crippen LogP) is 1.02. The minimum atomic E-state index is -0.880. The van der Waals surface area contributed by atoms with Crippen LogP contribution in [0.25, 0.3) is 0 Å². The molecule has 2 amide bonds. The molecule has 1 aromatic rings. The van der Waals surface area contributed by atoms with E-state index in [0.29, 0.717) is 13.1 Å². The highest BCUT2D eigenvalue weighted by atomic mass is 35.5. The summed E-state index contributed by atoms with van der Waals surface area (Å²) in [6.45, 7) is 2.66. The van der Waals surface area contributed by atoms with Crippen molar-refractivity contribution < 1.29 is 18.4 Å². The van der Waals surface area contributed by atoms with Gasteiger partial charge in [-0.1, -0.05) is 6.07 Å². The van der Waals surface area contributed by atoms with Crippen LogP contribution in [0.2, 0.25) is 0 Å². The highest BCUT2D eigenvalue weighted by Crippen LogP contribution is 2.16. The fraction of sp³-hybridized carbons (Fsp3) is 0.429. The molecule has 1 fully saturated rings. The number of nitrogens with zero attached hydrogens (tertiary/aromatic N) is 2. The molecule has 8 heteroatoms. The second kappa shape index (κ2) is 7.51. The summed E-state index contributed by atoms with van der Waals surface area (Å²) in [6.07, 6.45) is 0. The Balaban J connectivity index is 0.00000242. The van der Waals surface area contributed by atoms with Crippen LogP contribution in [0.4, 0.5) is 8.78 Å². The lowest BCUT2D eigenvalue weighted by atomic mass is 10.1. The number of benzene rings is 1. The maximum Gasteiger partial charge on any atom is 0.259 e. The SMILES string of the molecule is C[C@H](N)C(=O)N1CCN(C(=O)c2c(F)cccc2F)CC1.Cl. The molecule has 2 rings (SSSR count). The number of piperazine rings is 1. The van der Waals surface area contributed by atoms with Gasteiger partial charge in [0.15, 0.2) is 0 Å².